The third-order valence-corrected chi connectivity index (χ3v) is 2.50. The molecule has 0 aromatic rings. The van der Waals surface area contributed by atoms with E-state index < -0.39 is 6.10 Å². The Morgan fingerprint density at radius 3 is 2.40 bits per heavy atom. The number of carbonyl (C=O) groups is 1. The molecule has 0 aliphatic heterocycles. The molecule has 0 bridgehead atoms. The number of esters is 1. The third-order valence-electron chi connectivity index (χ3n) is 2.50. The number of hydrogen-bond donors (Lipinski definition) is 1. The quantitative estimate of drug-likeness (QED) is 0.501. The molecular formula is C12H24O3. The largest absolute Gasteiger partial charge is 0.460 e. The zero-order valence-corrected chi connectivity index (χ0v) is 10.2. The minimum absolute atomic E-state index is 0.326. The predicted molar refractivity (Wildman–Crippen MR) is 60.6 cm³/mol. The SMILES string of the molecule is CCCCCCCC(O)C(C)OC(C)=O. The molecule has 2 unspecified atom stereocenters. The highest BCUT2D eigenvalue weighted by Gasteiger charge is 2.15. The molecule has 1 N–H and O–H groups in total. The minimum Gasteiger partial charge on any atom is -0.460 e. The molecule has 0 rings (SSSR count). The van der Waals surface area contributed by atoms with E-state index in [-0.39, 0.29) is 12.1 Å². The van der Waals surface area contributed by atoms with Crippen LogP contribution >= 0.6 is 0 Å². The molecule has 2 atom stereocenters. The second kappa shape index (κ2) is 8.72. The summed E-state index contributed by atoms with van der Waals surface area (Å²) in [5, 5.41) is 9.65. The lowest BCUT2D eigenvalue weighted by Gasteiger charge is -2.18. The minimum atomic E-state index is -0.518. The molecule has 0 aromatic heterocycles. The van der Waals surface area contributed by atoms with Crippen molar-refractivity contribution in [2.75, 3.05) is 0 Å². The van der Waals surface area contributed by atoms with E-state index in [0.29, 0.717) is 0 Å². The third kappa shape index (κ3) is 8.43. The van der Waals surface area contributed by atoms with Crippen molar-refractivity contribution in [1.29, 1.82) is 0 Å². The Hall–Kier alpha value is -0.570. The van der Waals surface area contributed by atoms with Crippen molar-refractivity contribution in [2.24, 2.45) is 0 Å². The van der Waals surface area contributed by atoms with Crippen LogP contribution in [0.4, 0.5) is 0 Å². The van der Waals surface area contributed by atoms with E-state index in [1.54, 1.807) is 6.92 Å². The fraction of sp³-hybridized carbons (Fsp3) is 0.917. The van der Waals surface area contributed by atoms with Crippen molar-refractivity contribution in [2.45, 2.75) is 71.5 Å². The molecule has 0 aliphatic rings. The summed E-state index contributed by atoms with van der Waals surface area (Å²) in [5.41, 5.74) is 0. The van der Waals surface area contributed by atoms with E-state index >= 15 is 0 Å². The van der Waals surface area contributed by atoms with E-state index in [0.717, 1.165) is 19.3 Å². The predicted octanol–water partition coefficient (Wildman–Crippen LogP) is 2.66. The molecule has 0 heterocycles. The fourth-order valence-electron chi connectivity index (χ4n) is 1.53. The lowest BCUT2D eigenvalue weighted by Crippen LogP contribution is -2.27. The van der Waals surface area contributed by atoms with Crippen LogP contribution < -0.4 is 0 Å². The van der Waals surface area contributed by atoms with E-state index in [1.807, 2.05) is 0 Å². The lowest BCUT2D eigenvalue weighted by molar-refractivity contribution is -0.151. The Morgan fingerprint density at radius 1 is 1.27 bits per heavy atom. The van der Waals surface area contributed by atoms with Gasteiger partial charge in [-0.3, -0.25) is 4.79 Å². The Labute approximate surface area is 92.8 Å². The summed E-state index contributed by atoms with van der Waals surface area (Å²) in [4.78, 5) is 10.6. The zero-order valence-electron chi connectivity index (χ0n) is 10.2. The highest BCUT2D eigenvalue weighted by molar-refractivity contribution is 5.66. The van der Waals surface area contributed by atoms with Crippen molar-refractivity contribution >= 4 is 5.97 Å². The van der Waals surface area contributed by atoms with E-state index in [9.17, 15) is 9.90 Å². The lowest BCUT2D eigenvalue weighted by atomic mass is 10.1. The molecular weight excluding hydrogens is 192 g/mol. The van der Waals surface area contributed by atoms with Gasteiger partial charge in [0.1, 0.15) is 6.10 Å². The van der Waals surface area contributed by atoms with Crippen molar-refractivity contribution < 1.29 is 14.6 Å². The van der Waals surface area contributed by atoms with Gasteiger partial charge >= 0.3 is 5.97 Å². The number of unbranched alkanes of at least 4 members (excludes halogenated alkanes) is 4. The summed E-state index contributed by atoms with van der Waals surface area (Å²) in [7, 11) is 0. The molecule has 0 spiro atoms. The Kier molecular flexibility index (Phi) is 8.38. The van der Waals surface area contributed by atoms with E-state index in [1.165, 1.54) is 26.2 Å². The van der Waals surface area contributed by atoms with Crippen LogP contribution in [0.25, 0.3) is 0 Å². The summed E-state index contributed by atoms with van der Waals surface area (Å²) in [5.74, 6) is -0.326. The van der Waals surface area contributed by atoms with Crippen LogP contribution in [-0.2, 0) is 9.53 Å². The van der Waals surface area contributed by atoms with Gasteiger partial charge in [0.15, 0.2) is 0 Å². The van der Waals surface area contributed by atoms with E-state index in [2.05, 4.69) is 6.92 Å². The average molecular weight is 216 g/mol. The Balaban J connectivity index is 3.46. The summed E-state index contributed by atoms with van der Waals surface area (Å²) in [6, 6.07) is 0. The highest BCUT2D eigenvalue weighted by atomic mass is 16.6. The number of aliphatic hydroxyl groups excluding tert-OH is 1. The molecule has 90 valence electrons. The molecule has 0 fully saturated rings. The summed E-state index contributed by atoms with van der Waals surface area (Å²) in [6.07, 6.45) is 5.69. The monoisotopic (exact) mass is 216 g/mol. The van der Waals surface area contributed by atoms with Gasteiger partial charge in [0.25, 0.3) is 0 Å². The second-order valence-corrected chi connectivity index (χ2v) is 4.08. The molecule has 0 aliphatic carbocycles. The van der Waals surface area contributed by atoms with Crippen LogP contribution in [0.3, 0.4) is 0 Å². The van der Waals surface area contributed by atoms with Crippen LogP contribution in [-0.4, -0.2) is 23.3 Å². The molecule has 3 nitrogen and oxygen atoms in total. The number of aliphatic hydroxyl groups is 1. The number of carbonyl (C=O) groups excluding carboxylic acids is 1. The molecule has 3 heteroatoms. The van der Waals surface area contributed by atoms with Crippen LogP contribution in [0.15, 0.2) is 0 Å². The molecule has 15 heavy (non-hydrogen) atoms. The van der Waals surface area contributed by atoms with E-state index in [4.69, 9.17) is 4.74 Å². The smallest absolute Gasteiger partial charge is 0.302 e. The van der Waals surface area contributed by atoms with Crippen molar-refractivity contribution in [3.8, 4) is 0 Å². The van der Waals surface area contributed by atoms with Gasteiger partial charge in [-0.15, -0.1) is 0 Å². The zero-order chi connectivity index (χ0) is 11.7. The average Bonchev–Trinajstić information content (AvgIpc) is 2.16. The molecule has 0 amide bonds. The van der Waals surface area contributed by atoms with Crippen molar-refractivity contribution in [3.05, 3.63) is 0 Å². The first-order valence-electron chi connectivity index (χ1n) is 5.93. The van der Waals surface area contributed by atoms with Gasteiger partial charge < -0.3 is 9.84 Å². The summed E-state index contributed by atoms with van der Waals surface area (Å²) >= 11 is 0. The maximum absolute atomic E-state index is 10.6. The maximum atomic E-state index is 10.6. The Bertz CT molecular complexity index is 168. The first-order valence-corrected chi connectivity index (χ1v) is 5.93. The second-order valence-electron chi connectivity index (χ2n) is 4.08. The Morgan fingerprint density at radius 2 is 1.87 bits per heavy atom. The fourth-order valence-corrected chi connectivity index (χ4v) is 1.53. The van der Waals surface area contributed by atoms with Crippen LogP contribution in [0, 0.1) is 0 Å². The summed E-state index contributed by atoms with van der Waals surface area (Å²) in [6.45, 7) is 5.28. The highest BCUT2D eigenvalue weighted by Crippen LogP contribution is 2.11. The van der Waals surface area contributed by atoms with Gasteiger partial charge in [-0.1, -0.05) is 39.0 Å². The van der Waals surface area contributed by atoms with Crippen molar-refractivity contribution in [3.63, 3.8) is 0 Å². The first kappa shape index (κ1) is 14.4. The van der Waals surface area contributed by atoms with Crippen LogP contribution in [0.5, 0.6) is 0 Å². The number of hydrogen-bond acceptors (Lipinski definition) is 3. The number of ether oxygens (including phenoxy) is 1. The van der Waals surface area contributed by atoms with Gasteiger partial charge in [0.05, 0.1) is 6.10 Å². The standard InChI is InChI=1S/C12H24O3/c1-4-5-6-7-8-9-12(14)10(2)15-11(3)13/h10,12,14H,4-9H2,1-3H3. The first-order chi connectivity index (χ1) is 7.07. The topological polar surface area (TPSA) is 46.5 Å². The summed E-state index contributed by atoms with van der Waals surface area (Å²) < 4.78 is 4.90. The van der Waals surface area contributed by atoms with Gasteiger partial charge in [-0.2, -0.15) is 0 Å². The van der Waals surface area contributed by atoms with Crippen LogP contribution in [0.2, 0.25) is 0 Å². The molecule has 0 saturated carbocycles. The van der Waals surface area contributed by atoms with Gasteiger partial charge in [0, 0.05) is 6.92 Å². The molecule has 0 aromatic carbocycles. The van der Waals surface area contributed by atoms with Gasteiger partial charge in [-0.05, 0) is 13.3 Å². The van der Waals surface area contributed by atoms with Gasteiger partial charge in [0.2, 0.25) is 0 Å². The van der Waals surface area contributed by atoms with Gasteiger partial charge in [-0.25, -0.2) is 0 Å². The molecule has 0 saturated heterocycles. The molecule has 0 radical (unpaired) electrons. The van der Waals surface area contributed by atoms with Crippen LogP contribution in [0.1, 0.15) is 59.3 Å². The van der Waals surface area contributed by atoms with Crippen molar-refractivity contribution in [1.82, 2.24) is 0 Å². The normalized spacial score (nSPS) is 14.7. The maximum Gasteiger partial charge on any atom is 0.302 e. The number of rotatable bonds is 8.